The van der Waals surface area contributed by atoms with E-state index in [0.717, 1.165) is 19.3 Å². The summed E-state index contributed by atoms with van der Waals surface area (Å²) in [5, 5.41) is 2.95. The number of nitrogens with zero attached hydrogens (tertiary/aromatic N) is 1. The Balaban J connectivity index is 2.54. The molecule has 1 heterocycles. The van der Waals surface area contributed by atoms with Crippen LogP contribution in [0.3, 0.4) is 0 Å². The summed E-state index contributed by atoms with van der Waals surface area (Å²) in [6, 6.07) is -0.0701. The van der Waals surface area contributed by atoms with E-state index in [1.807, 2.05) is 13.0 Å². The molecule has 0 radical (unpaired) electrons. The van der Waals surface area contributed by atoms with Crippen LogP contribution in [0.5, 0.6) is 0 Å². The van der Waals surface area contributed by atoms with Crippen LogP contribution in [-0.2, 0) is 9.84 Å². The molecule has 1 fully saturated rings. The van der Waals surface area contributed by atoms with Gasteiger partial charge >= 0.3 is 6.03 Å². The van der Waals surface area contributed by atoms with E-state index < -0.39 is 14.6 Å². The number of hydrogen-bond acceptors (Lipinski definition) is 3. The largest absolute Gasteiger partial charge is 0.336 e. The third-order valence-corrected chi connectivity index (χ3v) is 6.77. The number of carbonyl (C=O) groups is 1. The van der Waals surface area contributed by atoms with Gasteiger partial charge in [-0.2, -0.15) is 0 Å². The second kappa shape index (κ2) is 7.29. The van der Waals surface area contributed by atoms with Gasteiger partial charge in [0.25, 0.3) is 0 Å². The lowest BCUT2D eigenvalue weighted by molar-refractivity contribution is 0.196. The predicted molar refractivity (Wildman–Crippen MR) is 86.1 cm³/mol. The minimum absolute atomic E-state index is 0.0399. The Morgan fingerprint density at radius 2 is 2.10 bits per heavy atom. The molecule has 1 aliphatic heterocycles. The minimum Gasteiger partial charge on any atom is -0.336 e. The topological polar surface area (TPSA) is 66.5 Å². The van der Waals surface area contributed by atoms with Crippen molar-refractivity contribution in [2.24, 2.45) is 0 Å². The zero-order valence-electron chi connectivity index (χ0n) is 13.4. The number of nitrogens with one attached hydrogen (secondary N) is 1. The molecule has 1 rings (SSSR count). The molecule has 0 saturated carbocycles. The van der Waals surface area contributed by atoms with Crippen molar-refractivity contribution in [3.63, 3.8) is 0 Å². The summed E-state index contributed by atoms with van der Waals surface area (Å²) >= 11 is 0. The maximum absolute atomic E-state index is 12.2. The van der Waals surface area contributed by atoms with Gasteiger partial charge in [0.1, 0.15) is 0 Å². The van der Waals surface area contributed by atoms with Crippen LogP contribution in [0.25, 0.3) is 0 Å². The molecule has 0 bridgehead atoms. The highest BCUT2D eigenvalue weighted by Gasteiger charge is 2.38. The standard InChI is InChI=1S/C15H28N2O3S/c1-5-6-7-8-13(2)16-14(18)17-10-9-15(3,4)21(19,20)12-11-17/h5,13H,1,6-12H2,2-4H3,(H,16,18)/t13-/m0/s1. The van der Waals surface area contributed by atoms with E-state index in [9.17, 15) is 13.2 Å². The SMILES string of the molecule is C=CCCC[C@H](C)NC(=O)N1CCC(C)(C)S(=O)(=O)CC1. The summed E-state index contributed by atoms with van der Waals surface area (Å²) in [5.41, 5.74) is 0. The van der Waals surface area contributed by atoms with Gasteiger partial charge in [0.2, 0.25) is 0 Å². The number of unbranched alkanes of at least 4 members (excludes halogenated alkanes) is 1. The van der Waals surface area contributed by atoms with Gasteiger partial charge < -0.3 is 10.2 Å². The molecule has 0 unspecified atom stereocenters. The molecular weight excluding hydrogens is 288 g/mol. The first-order chi connectivity index (χ1) is 9.69. The van der Waals surface area contributed by atoms with Crippen LogP contribution < -0.4 is 5.32 Å². The molecule has 122 valence electrons. The van der Waals surface area contributed by atoms with Crippen molar-refractivity contribution in [3.05, 3.63) is 12.7 Å². The highest BCUT2D eigenvalue weighted by Crippen LogP contribution is 2.25. The normalized spacial score (nSPS) is 22.1. The van der Waals surface area contributed by atoms with E-state index in [0.29, 0.717) is 13.0 Å². The summed E-state index contributed by atoms with van der Waals surface area (Å²) in [7, 11) is -3.14. The maximum Gasteiger partial charge on any atom is 0.317 e. The van der Waals surface area contributed by atoms with E-state index in [1.54, 1.807) is 18.7 Å². The zero-order chi connectivity index (χ0) is 16.1. The van der Waals surface area contributed by atoms with Crippen LogP contribution in [0, 0.1) is 0 Å². The number of sulfone groups is 1. The second-order valence-electron chi connectivity index (χ2n) is 6.39. The van der Waals surface area contributed by atoms with Gasteiger partial charge in [-0.3, -0.25) is 0 Å². The molecule has 1 aliphatic rings. The third-order valence-electron chi connectivity index (χ3n) is 4.16. The van der Waals surface area contributed by atoms with Crippen molar-refractivity contribution in [3.8, 4) is 0 Å². The monoisotopic (exact) mass is 316 g/mol. The fourth-order valence-corrected chi connectivity index (χ4v) is 3.74. The lowest BCUT2D eigenvalue weighted by Gasteiger charge is -2.24. The lowest BCUT2D eigenvalue weighted by atomic mass is 10.1. The first-order valence-corrected chi connectivity index (χ1v) is 9.23. The van der Waals surface area contributed by atoms with Crippen LogP contribution in [0.4, 0.5) is 4.79 Å². The Morgan fingerprint density at radius 1 is 1.43 bits per heavy atom. The molecule has 1 atom stereocenters. The Morgan fingerprint density at radius 3 is 2.71 bits per heavy atom. The molecule has 0 aromatic carbocycles. The van der Waals surface area contributed by atoms with E-state index >= 15 is 0 Å². The molecule has 1 saturated heterocycles. The third kappa shape index (κ3) is 5.02. The molecule has 0 spiro atoms. The van der Waals surface area contributed by atoms with Crippen molar-refractivity contribution < 1.29 is 13.2 Å². The van der Waals surface area contributed by atoms with E-state index in [4.69, 9.17) is 0 Å². The number of urea groups is 1. The van der Waals surface area contributed by atoms with Gasteiger partial charge in [0, 0.05) is 19.1 Å². The maximum atomic E-state index is 12.2. The summed E-state index contributed by atoms with van der Waals surface area (Å²) in [6.45, 7) is 9.88. The molecule has 0 aliphatic carbocycles. The smallest absolute Gasteiger partial charge is 0.317 e. The van der Waals surface area contributed by atoms with Crippen LogP contribution in [-0.4, -0.2) is 49.0 Å². The quantitative estimate of drug-likeness (QED) is 0.625. The van der Waals surface area contributed by atoms with Crippen molar-refractivity contribution in [2.45, 2.75) is 57.2 Å². The molecule has 0 aromatic rings. The van der Waals surface area contributed by atoms with Crippen molar-refractivity contribution in [2.75, 3.05) is 18.8 Å². The van der Waals surface area contributed by atoms with Crippen LogP contribution in [0.2, 0.25) is 0 Å². The number of hydrogen-bond donors (Lipinski definition) is 1. The number of amides is 2. The van der Waals surface area contributed by atoms with Gasteiger partial charge in [-0.05, 0) is 46.5 Å². The molecule has 21 heavy (non-hydrogen) atoms. The minimum atomic E-state index is -3.14. The second-order valence-corrected chi connectivity index (χ2v) is 9.13. The Kier molecular flexibility index (Phi) is 6.25. The fraction of sp³-hybridized carbons (Fsp3) is 0.800. The van der Waals surface area contributed by atoms with Crippen LogP contribution in [0.1, 0.15) is 46.5 Å². The highest BCUT2D eigenvalue weighted by atomic mass is 32.2. The Labute approximate surface area is 128 Å². The first kappa shape index (κ1) is 18.0. The summed E-state index contributed by atoms with van der Waals surface area (Å²) in [6.07, 6.45) is 5.18. The Bertz CT molecular complexity index is 471. The van der Waals surface area contributed by atoms with Crippen molar-refractivity contribution in [1.29, 1.82) is 0 Å². The molecule has 1 N–H and O–H groups in total. The fourth-order valence-electron chi connectivity index (χ4n) is 2.32. The van der Waals surface area contributed by atoms with Gasteiger partial charge in [0.15, 0.2) is 9.84 Å². The Hall–Kier alpha value is -1.04. The van der Waals surface area contributed by atoms with Gasteiger partial charge in [-0.1, -0.05) is 6.08 Å². The summed E-state index contributed by atoms with van der Waals surface area (Å²) in [5.74, 6) is 0.0399. The molecule has 6 heteroatoms. The van der Waals surface area contributed by atoms with Gasteiger partial charge in [0.05, 0.1) is 10.5 Å². The molecule has 5 nitrogen and oxygen atoms in total. The van der Waals surface area contributed by atoms with Crippen molar-refractivity contribution in [1.82, 2.24) is 10.2 Å². The molecular formula is C15H28N2O3S. The van der Waals surface area contributed by atoms with E-state index in [2.05, 4.69) is 11.9 Å². The lowest BCUT2D eigenvalue weighted by Crippen LogP contribution is -2.45. The average Bonchev–Trinajstić information content (AvgIpc) is 2.47. The average molecular weight is 316 g/mol. The predicted octanol–water partition coefficient (Wildman–Crippen LogP) is 2.34. The summed E-state index contributed by atoms with van der Waals surface area (Å²) in [4.78, 5) is 13.8. The van der Waals surface area contributed by atoms with Crippen LogP contribution >= 0.6 is 0 Å². The summed E-state index contributed by atoms with van der Waals surface area (Å²) < 4.78 is 23.5. The highest BCUT2D eigenvalue weighted by molar-refractivity contribution is 7.92. The van der Waals surface area contributed by atoms with Gasteiger partial charge in [-0.25, -0.2) is 13.2 Å². The molecule has 0 aromatic heterocycles. The number of allylic oxidation sites excluding steroid dienone is 1. The van der Waals surface area contributed by atoms with Crippen LogP contribution in [0.15, 0.2) is 12.7 Å². The first-order valence-electron chi connectivity index (χ1n) is 7.58. The number of rotatable bonds is 5. The van der Waals surface area contributed by atoms with E-state index in [-0.39, 0.29) is 24.4 Å². The molecule has 2 amide bonds. The van der Waals surface area contributed by atoms with Crippen molar-refractivity contribution >= 4 is 15.9 Å². The zero-order valence-corrected chi connectivity index (χ0v) is 14.2. The van der Waals surface area contributed by atoms with E-state index in [1.165, 1.54) is 0 Å². The number of carbonyl (C=O) groups excluding carboxylic acids is 1. The van der Waals surface area contributed by atoms with Gasteiger partial charge in [-0.15, -0.1) is 6.58 Å².